The van der Waals surface area contributed by atoms with Gasteiger partial charge in [0, 0.05) is 24.2 Å². The molecule has 7 heteroatoms. The standard InChI is InChI=1S/C14H22N2O4S/c1-4-9-6-12(9)16-21(17,18)11-5-10(8-15)14(20-3)13(7-11)19-2/h5,7,9,12,16H,4,6,8,15H2,1-3H3. The highest BCUT2D eigenvalue weighted by Crippen LogP contribution is 2.37. The third-order valence-corrected chi connectivity index (χ3v) is 5.28. The van der Waals surface area contributed by atoms with Gasteiger partial charge in [0.2, 0.25) is 10.0 Å². The number of hydrogen-bond donors (Lipinski definition) is 2. The van der Waals surface area contributed by atoms with Crippen molar-refractivity contribution in [2.45, 2.75) is 37.2 Å². The quantitative estimate of drug-likeness (QED) is 0.790. The molecule has 0 aromatic heterocycles. The van der Waals surface area contributed by atoms with Gasteiger partial charge in [-0.05, 0) is 18.4 Å². The molecule has 1 aliphatic carbocycles. The highest BCUT2D eigenvalue weighted by Gasteiger charge is 2.38. The zero-order valence-electron chi connectivity index (χ0n) is 12.5. The third kappa shape index (κ3) is 3.30. The Balaban J connectivity index is 2.34. The summed E-state index contributed by atoms with van der Waals surface area (Å²) in [5, 5.41) is 0. The van der Waals surface area contributed by atoms with Gasteiger partial charge in [0.15, 0.2) is 11.5 Å². The van der Waals surface area contributed by atoms with Crippen LogP contribution in [0.4, 0.5) is 0 Å². The molecule has 2 rings (SSSR count). The lowest BCUT2D eigenvalue weighted by atomic mass is 10.2. The second-order valence-corrected chi connectivity index (χ2v) is 6.87. The minimum absolute atomic E-state index is 0.0365. The molecule has 21 heavy (non-hydrogen) atoms. The van der Waals surface area contributed by atoms with Crippen molar-refractivity contribution < 1.29 is 17.9 Å². The first kappa shape index (κ1) is 16.1. The minimum Gasteiger partial charge on any atom is -0.493 e. The van der Waals surface area contributed by atoms with Crippen LogP contribution in [0.25, 0.3) is 0 Å². The lowest BCUT2D eigenvalue weighted by molar-refractivity contribution is 0.350. The van der Waals surface area contributed by atoms with Gasteiger partial charge in [0.25, 0.3) is 0 Å². The van der Waals surface area contributed by atoms with E-state index < -0.39 is 10.0 Å². The molecule has 1 aliphatic rings. The summed E-state index contributed by atoms with van der Waals surface area (Å²) in [5.41, 5.74) is 6.27. The van der Waals surface area contributed by atoms with Crippen molar-refractivity contribution in [2.75, 3.05) is 14.2 Å². The molecule has 0 heterocycles. The number of benzene rings is 1. The Morgan fingerprint density at radius 1 is 1.33 bits per heavy atom. The Morgan fingerprint density at radius 2 is 2.05 bits per heavy atom. The van der Waals surface area contributed by atoms with Gasteiger partial charge >= 0.3 is 0 Å². The van der Waals surface area contributed by atoms with Crippen LogP contribution in [0.2, 0.25) is 0 Å². The first-order chi connectivity index (χ1) is 9.96. The van der Waals surface area contributed by atoms with E-state index in [0.717, 1.165) is 12.8 Å². The first-order valence-corrected chi connectivity index (χ1v) is 8.42. The summed E-state index contributed by atoms with van der Waals surface area (Å²) in [6, 6.07) is 3.03. The van der Waals surface area contributed by atoms with Crippen LogP contribution >= 0.6 is 0 Å². The monoisotopic (exact) mass is 314 g/mol. The van der Waals surface area contributed by atoms with E-state index in [1.807, 2.05) is 0 Å². The predicted octanol–water partition coefficient (Wildman–Crippen LogP) is 1.24. The lowest BCUT2D eigenvalue weighted by Gasteiger charge is -2.14. The highest BCUT2D eigenvalue weighted by molar-refractivity contribution is 7.89. The van der Waals surface area contributed by atoms with Crippen molar-refractivity contribution >= 4 is 10.0 Å². The number of methoxy groups -OCH3 is 2. The molecule has 0 saturated heterocycles. The van der Waals surface area contributed by atoms with Gasteiger partial charge in [-0.2, -0.15) is 0 Å². The van der Waals surface area contributed by atoms with Crippen LogP contribution in [0.1, 0.15) is 25.3 Å². The van der Waals surface area contributed by atoms with Gasteiger partial charge in [-0.25, -0.2) is 13.1 Å². The van der Waals surface area contributed by atoms with Crippen LogP contribution in [0.5, 0.6) is 11.5 Å². The molecule has 1 saturated carbocycles. The molecule has 6 nitrogen and oxygen atoms in total. The van der Waals surface area contributed by atoms with Crippen LogP contribution in [-0.4, -0.2) is 28.7 Å². The zero-order valence-corrected chi connectivity index (χ0v) is 13.4. The van der Waals surface area contributed by atoms with E-state index >= 15 is 0 Å². The molecular formula is C14H22N2O4S. The van der Waals surface area contributed by atoms with E-state index in [1.165, 1.54) is 26.4 Å². The second-order valence-electron chi connectivity index (χ2n) is 5.15. The van der Waals surface area contributed by atoms with E-state index in [2.05, 4.69) is 11.6 Å². The Kier molecular flexibility index (Phi) is 4.75. The number of nitrogens with two attached hydrogens (primary N) is 1. The summed E-state index contributed by atoms with van der Waals surface area (Å²) in [4.78, 5) is 0.155. The van der Waals surface area contributed by atoms with Crippen LogP contribution in [-0.2, 0) is 16.6 Å². The Morgan fingerprint density at radius 3 is 2.52 bits per heavy atom. The maximum Gasteiger partial charge on any atom is 0.240 e. The fourth-order valence-electron chi connectivity index (χ4n) is 2.43. The highest BCUT2D eigenvalue weighted by atomic mass is 32.2. The fourth-order valence-corrected chi connectivity index (χ4v) is 3.82. The Bertz CT molecular complexity index is 590. The summed E-state index contributed by atoms with van der Waals surface area (Å²) < 4.78 is 38.0. The van der Waals surface area contributed by atoms with Crippen molar-refractivity contribution in [3.05, 3.63) is 17.7 Å². The second kappa shape index (κ2) is 6.21. The van der Waals surface area contributed by atoms with E-state index in [4.69, 9.17) is 15.2 Å². The van der Waals surface area contributed by atoms with Gasteiger partial charge in [0.05, 0.1) is 19.1 Å². The molecule has 1 fully saturated rings. The first-order valence-electron chi connectivity index (χ1n) is 6.94. The van der Waals surface area contributed by atoms with Crippen molar-refractivity contribution in [1.82, 2.24) is 4.72 Å². The molecule has 2 atom stereocenters. The van der Waals surface area contributed by atoms with Crippen molar-refractivity contribution in [3.8, 4) is 11.5 Å². The van der Waals surface area contributed by atoms with Crippen molar-refractivity contribution in [3.63, 3.8) is 0 Å². The molecule has 1 aromatic rings. The molecule has 0 aliphatic heterocycles. The SMILES string of the molecule is CCC1CC1NS(=O)(=O)c1cc(CN)c(OC)c(OC)c1. The van der Waals surface area contributed by atoms with Gasteiger partial charge < -0.3 is 15.2 Å². The molecule has 0 amide bonds. The maximum absolute atomic E-state index is 12.4. The van der Waals surface area contributed by atoms with Gasteiger partial charge in [-0.15, -0.1) is 0 Å². The van der Waals surface area contributed by atoms with Gasteiger partial charge in [-0.3, -0.25) is 0 Å². The molecule has 118 valence electrons. The molecule has 2 unspecified atom stereocenters. The molecule has 1 aromatic carbocycles. The summed E-state index contributed by atoms with van der Waals surface area (Å²) in [6.45, 7) is 2.23. The summed E-state index contributed by atoms with van der Waals surface area (Å²) in [6.07, 6.45) is 1.87. The van der Waals surface area contributed by atoms with Crippen molar-refractivity contribution in [2.24, 2.45) is 11.7 Å². The largest absolute Gasteiger partial charge is 0.493 e. The predicted molar refractivity (Wildman–Crippen MR) is 79.9 cm³/mol. The average Bonchev–Trinajstić information content (AvgIpc) is 3.22. The van der Waals surface area contributed by atoms with Crippen LogP contribution in [0, 0.1) is 5.92 Å². The van der Waals surface area contributed by atoms with Crippen LogP contribution in [0.15, 0.2) is 17.0 Å². The molecule has 0 spiro atoms. The van der Waals surface area contributed by atoms with Gasteiger partial charge in [-0.1, -0.05) is 13.3 Å². The van der Waals surface area contributed by atoms with Crippen LogP contribution in [0.3, 0.4) is 0 Å². The maximum atomic E-state index is 12.4. The number of ether oxygens (including phenoxy) is 2. The molecule has 0 radical (unpaired) electrons. The van der Waals surface area contributed by atoms with E-state index in [0.29, 0.717) is 23.0 Å². The topological polar surface area (TPSA) is 90.7 Å². The molecule has 3 N–H and O–H groups in total. The zero-order chi connectivity index (χ0) is 15.6. The summed E-state index contributed by atoms with van der Waals surface area (Å²) in [5.74, 6) is 1.27. The van der Waals surface area contributed by atoms with E-state index in [1.54, 1.807) is 0 Å². The number of hydrogen-bond acceptors (Lipinski definition) is 5. The minimum atomic E-state index is -3.57. The average molecular weight is 314 g/mol. The third-order valence-electron chi connectivity index (χ3n) is 3.81. The van der Waals surface area contributed by atoms with Gasteiger partial charge in [0.1, 0.15) is 0 Å². The van der Waals surface area contributed by atoms with E-state index in [-0.39, 0.29) is 17.5 Å². The lowest BCUT2D eigenvalue weighted by Crippen LogP contribution is -2.27. The number of rotatable bonds is 7. The summed E-state index contributed by atoms with van der Waals surface area (Å²) in [7, 11) is -0.604. The Hall–Kier alpha value is -1.31. The smallest absolute Gasteiger partial charge is 0.240 e. The number of sulfonamides is 1. The Labute approximate surface area is 125 Å². The van der Waals surface area contributed by atoms with Crippen LogP contribution < -0.4 is 19.9 Å². The molecular weight excluding hydrogens is 292 g/mol. The summed E-state index contributed by atoms with van der Waals surface area (Å²) >= 11 is 0. The number of nitrogens with one attached hydrogen (secondary N) is 1. The van der Waals surface area contributed by atoms with E-state index in [9.17, 15) is 8.42 Å². The molecule has 0 bridgehead atoms. The normalized spacial score (nSPS) is 21.1. The van der Waals surface area contributed by atoms with Crippen molar-refractivity contribution in [1.29, 1.82) is 0 Å². The fraction of sp³-hybridized carbons (Fsp3) is 0.571.